The molecule has 2 aromatic heterocycles. The maximum Gasteiger partial charge on any atom is 0.105 e. The summed E-state index contributed by atoms with van der Waals surface area (Å²) in [7, 11) is 1.97. The third-order valence-electron chi connectivity index (χ3n) is 2.35. The van der Waals surface area contributed by atoms with Gasteiger partial charge in [-0.05, 0) is 19.9 Å². The molecule has 0 bridgehead atoms. The quantitative estimate of drug-likeness (QED) is 0.715. The number of aryl methyl sites for hydroxylation is 3. The zero-order valence-electron chi connectivity index (χ0n) is 8.73. The lowest BCUT2D eigenvalue weighted by atomic mass is 10.3. The lowest BCUT2D eigenvalue weighted by Crippen LogP contribution is -2.06. The van der Waals surface area contributed by atoms with Gasteiger partial charge in [0.05, 0.1) is 17.9 Å². The number of imidazole rings is 1. The molecule has 2 aromatic rings. The maximum atomic E-state index is 4.30. The van der Waals surface area contributed by atoms with E-state index in [0.717, 1.165) is 18.1 Å². The van der Waals surface area contributed by atoms with Crippen LogP contribution in [0.3, 0.4) is 0 Å². The lowest BCUT2D eigenvalue weighted by Gasteiger charge is -2.04. The van der Waals surface area contributed by atoms with E-state index in [1.165, 1.54) is 5.69 Å². The Bertz CT molecular complexity index is 439. The largest absolute Gasteiger partial charge is 0.329 e. The second-order valence-corrected chi connectivity index (χ2v) is 3.50. The van der Waals surface area contributed by atoms with E-state index in [0.29, 0.717) is 0 Å². The smallest absolute Gasteiger partial charge is 0.105 e. The molecule has 0 amide bonds. The Morgan fingerprint density at radius 3 is 2.64 bits per heavy atom. The van der Waals surface area contributed by atoms with E-state index in [9.17, 15) is 0 Å². The van der Waals surface area contributed by atoms with E-state index < -0.39 is 0 Å². The fraction of sp³-hybridized carbons (Fsp3) is 0.400. The first-order valence-electron chi connectivity index (χ1n) is 4.64. The van der Waals surface area contributed by atoms with Gasteiger partial charge in [0, 0.05) is 19.4 Å². The number of aromatic nitrogens is 4. The second kappa shape index (κ2) is 3.29. The maximum absolute atomic E-state index is 4.30. The molecular formula is C10H14N4. The van der Waals surface area contributed by atoms with Crippen molar-refractivity contribution in [2.45, 2.75) is 20.4 Å². The summed E-state index contributed by atoms with van der Waals surface area (Å²) in [6.07, 6.45) is 3.80. The molecule has 0 aliphatic rings. The Kier molecular flexibility index (Phi) is 2.11. The average Bonchev–Trinajstić information content (AvgIpc) is 2.62. The molecule has 0 aliphatic heterocycles. The molecule has 0 N–H and O–H groups in total. The molecule has 2 heterocycles. The van der Waals surface area contributed by atoms with Crippen molar-refractivity contribution >= 4 is 0 Å². The van der Waals surface area contributed by atoms with Crippen LogP contribution in [0.15, 0.2) is 18.5 Å². The Morgan fingerprint density at radius 1 is 1.36 bits per heavy atom. The zero-order valence-corrected chi connectivity index (χ0v) is 8.73. The van der Waals surface area contributed by atoms with Crippen LogP contribution >= 0.6 is 0 Å². The molecule has 0 aliphatic carbocycles. The minimum absolute atomic E-state index is 0.836. The van der Waals surface area contributed by atoms with E-state index in [1.807, 2.05) is 38.0 Å². The predicted octanol–water partition coefficient (Wildman–Crippen LogP) is 1.28. The van der Waals surface area contributed by atoms with Gasteiger partial charge in [-0.3, -0.25) is 4.68 Å². The topological polar surface area (TPSA) is 35.6 Å². The summed E-state index contributed by atoms with van der Waals surface area (Å²) in [5, 5.41) is 4.30. The highest BCUT2D eigenvalue weighted by atomic mass is 15.3. The van der Waals surface area contributed by atoms with Crippen molar-refractivity contribution in [3.63, 3.8) is 0 Å². The van der Waals surface area contributed by atoms with Crippen LogP contribution < -0.4 is 0 Å². The summed E-state index contributed by atoms with van der Waals surface area (Å²) < 4.78 is 4.02. The Labute approximate surface area is 83.2 Å². The van der Waals surface area contributed by atoms with Crippen molar-refractivity contribution < 1.29 is 0 Å². The van der Waals surface area contributed by atoms with Crippen LogP contribution in [0.4, 0.5) is 0 Å². The van der Waals surface area contributed by atoms with Crippen molar-refractivity contribution in [3.8, 4) is 0 Å². The van der Waals surface area contributed by atoms with Crippen molar-refractivity contribution in [1.82, 2.24) is 19.3 Å². The molecule has 74 valence electrons. The highest BCUT2D eigenvalue weighted by Gasteiger charge is 2.03. The Balaban J connectivity index is 2.27. The van der Waals surface area contributed by atoms with Crippen LogP contribution in [-0.4, -0.2) is 19.3 Å². The summed E-state index contributed by atoms with van der Waals surface area (Å²) in [6, 6.07) is 2.10. The monoisotopic (exact) mass is 190 g/mol. The number of nitrogens with zero attached hydrogens (tertiary/aromatic N) is 4. The van der Waals surface area contributed by atoms with E-state index in [4.69, 9.17) is 0 Å². The molecule has 4 heteroatoms. The number of hydrogen-bond donors (Lipinski definition) is 0. The van der Waals surface area contributed by atoms with Gasteiger partial charge < -0.3 is 4.57 Å². The number of hydrogen-bond acceptors (Lipinski definition) is 2. The van der Waals surface area contributed by atoms with E-state index >= 15 is 0 Å². The molecule has 0 saturated heterocycles. The molecule has 0 atom stereocenters. The molecule has 0 saturated carbocycles. The van der Waals surface area contributed by atoms with Crippen molar-refractivity contribution in [2.24, 2.45) is 7.05 Å². The molecule has 0 radical (unpaired) electrons. The molecule has 4 nitrogen and oxygen atoms in total. The fourth-order valence-electron chi connectivity index (χ4n) is 1.56. The molecule has 0 unspecified atom stereocenters. The van der Waals surface area contributed by atoms with Gasteiger partial charge in [-0.25, -0.2) is 4.98 Å². The highest BCUT2D eigenvalue weighted by Crippen LogP contribution is 2.06. The lowest BCUT2D eigenvalue weighted by molar-refractivity contribution is 0.653. The highest BCUT2D eigenvalue weighted by molar-refractivity contribution is 5.10. The van der Waals surface area contributed by atoms with Gasteiger partial charge >= 0.3 is 0 Å². The summed E-state index contributed by atoms with van der Waals surface area (Å²) in [5.41, 5.74) is 2.25. The van der Waals surface area contributed by atoms with Gasteiger partial charge in [-0.15, -0.1) is 0 Å². The normalized spacial score (nSPS) is 10.8. The third kappa shape index (κ3) is 1.55. The standard InChI is InChI=1S/C10H14N4/c1-8-6-10(13(3)12-8)7-14-5-4-11-9(14)2/h4-6H,7H2,1-3H3. The Morgan fingerprint density at radius 2 is 2.14 bits per heavy atom. The fourth-order valence-corrected chi connectivity index (χ4v) is 1.56. The summed E-state index contributed by atoms with van der Waals surface area (Å²) in [5.74, 6) is 1.03. The van der Waals surface area contributed by atoms with Crippen LogP contribution in [0.2, 0.25) is 0 Å². The summed E-state index contributed by atoms with van der Waals surface area (Å²) in [6.45, 7) is 4.84. The predicted molar refractivity (Wildman–Crippen MR) is 54.0 cm³/mol. The van der Waals surface area contributed by atoms with Gasteiger partial charge in [0.2, 0.25) is 0 Å². The van der Waals surface area contributed by atoms with Gasteiger partial charge in [-0.1, -0.05) is 0 Å². The van der Waals surface area contributed by atoms with Gasteiger partial charge in [0.1, 0.15) is 5.82 Å². The number of rotatable bonds is 2. The van der Waals surface area contributed by atoms with Gasteiger partial charge in [-0.2, -0.15) is 5.10 Å². The first kappa shape index (κ1) is 8.99. The average molecular weight is 190 g/mol. The van der Waals surface area contributed by atoms with E-state index in [-0.39, 0.29) is 0 Å². The SMILES string of the molecule is Cc1cc(Cn2ccnc2C)n(C)n1. The van der Waals surface area contributed by atoms with Crippen LogP contribution in [0.1, 0.15) is 17.2 Å². The van der Waals surface area contributed by atoms with Crippen molar-refractivity contribution in [1.29, 1.82) is 0 Å². The Hall–Kier alpha value is -1.58. The molecule has 0 aromatic carbocycles. The van der Waals surface area contributed by atoms with Crippen LogP contribution in [0.25, 0.3) is 0 Å². The molecular weight excluding hydrogens is 176 g/mol. The van der Waals surface area contributed by atoms with Gasteiger partial charge in [0.15, 0.2) is 0 Å². The minimum Gasteiger partial charge on any atom is -0.329 e. The molecule has 0 spiro atoms. The first-order chi connectivity index (χ1) is 6.66. The van der Waals surface area contributed by atoms with Crippen LogP contribution in [0, 0.1) is 13.8 Å². The molecule has 2 rings (SSSR count). The third-order valence-corrected chi connectivity index (χ3v) is 2.35. The second-order valence-electron chi connectivity index (χ2n) is 3.50. The minimum atomic E-state index is 0.836. The van der Waals surface area contributed by atoms with Crippen LogP contribution in [0.5, 0.6) is 0 Å². The van der Waals surface area contributed by atoms with Gasteiger partial charge in [0.25, 0.3) is 0 Å². The van der Waals surface area contributed by atoms with E-state index in [1.54, 1.807) is 0 Å². The zero-order chi connectivity index (χ0) is 10.1. The van der Waals surface area contributed by atoms with Crippen molar-refractivity contribution in [2.75, 3.05) is 0 Å². The van der Waals surface area contributed by atoms with Crippen LogP contribution in [-0.2, 0) is 13.6 Å². The summed E-state index contributed by atoms with van der Waals surface area (Å²) >= 11 is 0. The summed E-state index contributed by atoms with van der Waals surface area (Å²) in [4.78, 5) is 4.18. The first-order valence-corrected chi connectivity index (χ1v) is 4.64. The molecule has 14 heavy (non-hydrogen) atoms. The van der Waals surface area contributed by atoms with E-state index in [2.05, 4.69) is 20.7 Å². The van der Waals surface area contributed by atoms with Crippen molar-refractivity contribution in [3.05, 3.63) is 35.7 Å². The molecule has 0 fully saturated rings.